The van der Waals surface area contributed by atoms with E-state index in [4.69, 9.17) is 9.47 Å². The van der Waals surface area contributed by atoms with Crippen molar-refractivity contribution in [2.24, 2.45) is 17.3 Å². The monoisotopic (exact) mass is 450 g/mol. The van der Waals surface area contributed by atoms with E-state index in [9.17, 15) is 40.9 Å². The van der Waals surface area contributed by atoms with Gasteiger partial charge in [0.2, 0.25) is 0 Å². The number of aliphatic hydroxyl groups excluding tert-OH is 6. The Balaban J connectivity index is 2.01. The maximum Gasteiger partial charge on any atom is 0.186 e. The van der Waals surface area contributed by atoms with Crippen LogP contribution >= 0.6 is 0 Å². The van der Waals surface area contributed by atoms with Crippen molar-refractivity contribution in [3.05, 3.63) is 0 Å². The van der Waals surface area contributed by atoms with Crippen LogP contribution in [0.3, 0.4) is 0 Å². The summed E-state index contributed by atoms with van der Waals surface area (Å²) >= 11 is 0. The summed E-state index contributed by atoms with van der Waals surface area (Å²) in [6.45, 7) is 3.78. The van der Waals surface area contributed by atoms with Gasteiger partial charge in [0.05, 0.1) is 36.6 Å². The molecule has 11 atom stereocenters. The minimum atomic E-state index is -1.65. The largest absolute Gasteiger partial charge is 0.396 e. The van der Waals surface area contributed by atoms with Crippen LogP contribution in [0.5, 0.6) is 0 Å². The lowest BCUT2D eigenvalue weighted by Gasteiger charge is -2.61. The molecule has 182 valence electrons. The highest BCUT2D eigenvalue weighted by Crippen LogP contribution is 2.58. The second-order valence-electron chi connectivity index (χ2n) is 10.4. The zero-order valence-electron chi connectivity index (χ0n) is 18.3. The Labute approximate surface area is 182 Å². The maximum atomic E-state index is 11.3. The lowest BCUT2D eigenvalue weighted by atomic mass is 9.49. The molecule has 10 nitrogen and oxygen atoms in total. The van der Waals surface area contributed by atoms with Gasteiger partial charge in [-0.1, -0.05) is 0 Å². The van der Waals surface area contributed by atoms with E-state index in [0.29, 0.717) is 19.3 Å². The molecular formula is C21H38O10. The molecule has 0 spiro atoms. The first-order chi connectivity index (χ1) is 14.3. The van der Waals surface area contributed by atoms with Gasteiger partial charge in [-0.3, -0.25) is 0 Å². The molecule has 3 fully saturated rings. The molecule has 10 heteroatoms. The van der Waals surface area contributed by atoms with Crippen LogP contribution in [-0.2, 0) is 9.47 Å². The highest BCUT2D eigenvalue weighted by Gasteiger charge is 2.64. The van der Waals surface area contributed by atoms with Gasteiger partial charge < -0.3 is 50.3 Å². The predicted molar refractivity (Wildman–Crippen MR) is 107 cm³/mol. The number of fused-ring (bicyclic) bond motifs is 1. The molecule has 0 bridgehead atoms. The van der Waals surface area contributed by atoms with Crippen LogP contribution in [0, 0.1) is 17.3 Å². The Morgan fingerprint density at radius 1 is 1.00 bits per heavy atom. The van der Waals surface area contributed by atoms with Crippen molar-refractivity contribution in [2.75, 3.05) is 13.2 Å². The van der Waals surface area contributed by atoms with Gasteiger partial charge in [0.25, 0.3) is 0 Å². The number of hydrogen-bond donors (Lipinski definition) is 8. The molecule has 0 aromatic heterocycles. The van der Waals surface area contributed by atoms with E-state index in [1.807, 2.05) is 0 Å². The predicted octanol–water partition coefficient (Wildman–Crippen LogP) is -2.15. The molecule has 1 aliphatic heterocycles. The molecule has 3 rings (SSSR count). The van der Waals surface area contributed by atoms with Crippen LogP contribution in [-0.4, -0.2) is 108 Å². The first-order valence-corrected chi connectivity index (χ1v) is 11.0. The molecule has 0 aromatic rings. The van der Waals surface area contributed by atoms with Crippen molar-refractivity contribution in [2.45, 2.75) is 101 Å². The van der Waals surface area contributed by atoms with E-state index in [1.54, 1.807) is 20.8 Å². The molecule has 1 heterocycles. The topological polar surface area (TPSA) is 180 Å². The average molecular weight is 451 g/mol. The van der Waals surface area contributed by atoms with E-state index >= 15 is 0 Å². The third-order valence-electron chi connectivity index (χ3n) is 7.86. The number of ether oxygens (including phenoxy) is 2. The van der Waals surface area contributed by atoms with Crippen molar-refractivity contribution < 1.29 is 50.3 Å². The van der Waals surface area contributed by atoms with Gasteiger partial charge >= 0.3 is 0 Å². The van der Waals surface area contributed by atoms with Crippen LogP contribution in [0.25, 0.3) is 0 Å². The fourth-order valence-electron chi connectivity index (χ4n) is 6.07. The summed E-state index contributed by atoms with van der Waals surface area (Å²) in [6.07, 6.45) is -8.07. The summed E-state index contributed by atoms with van der Waals surface area (Å²) in [7, 11) is 0. The second-order valence-corrected chi connectivity index (χ2v) is 10.4. The molecule has 0 radical (unpaired) electrons. The lowest BCUT2D eigenvalue weighted by Crippen LogP contribution is -2.69. The Morgan fingerprint density at radius 3 is 2.19 bits per heavy atom. The third kappa shape index (κ3) is 4.28. The molecule has 2 saturated carbocycles. The highest BCUT2D eigenvalue weighted by molar-refractivity contribution is 5.12. The average Bonchev–Trinajstić information content (AvgIpc) is 2.70. The van der Waals surface area contributed by atoms with E-state index in [1.165, 1.54) is 0 Å². The van der Waals surface area contributed by atoms with Gasteiger partial charge in [0.1, 0.15) is 24.4 Å². The van der Waals surface area contributed by atoms with Gasteiger partial charge in [-0.25, -0.2) is 0 Å². The minimum Gasteiger partial charge on any atom is -0.396 e. The normalized spacial score (nSPS) is 51.4. The van der Waals surface area contributed by atoms with Gasteiger partial charge in [0, 0.05) is 17.3 Å². The smallest absolute Gasteiger partial charge is 0.186 e. The van der Waals surface area contributed by atoms with Crippen LogP contribution in [0.4, 0.5) is 0 Å². The number of rotatable bonds is 5. The van der Waals surface area contributed by atoms with Gasteiger partial charge in [-0.2, -0.15) is 0 Å². The summed E-state index contributed by atoms with van der Waals surface area (Å²) in [5.41, 5.74) is -3.70. The summed E-state index contributed by atoms with van der Waals surface area (Å²) < 4.78 is 11.6. The molecule has 1 saturated heterocycles. The van der Waals surface area contributed by atoms with E-state index in [-0.39, 0.29) is 6.42 Å². The highest BCUT2D eigenvalue weighted by atomic mass is 16.7. The second kappa shape index (κ2) is 8.75. The molecule has 0 aromatic carbocycles. The van der Waals surface area contributed by atoms with Crippen LogP contribution in [0.15, 0.2) is 0 Å². The Bertz CT molecular complexity index is 620. The summed E-state index contributed by atoms with van der Waals surface area (Å²) in [5.74, 6) is -1.37. The molecule has 0 amide bonds. The summed E-state index contributed by atoms with van der Waals surface area (Å²) in [6, 6.07) is 0. The number of hydrogen-bond acceptors (Lipinski definition) is 10. The third-order valence-corrected chi connectivity index (χ3v) is 7.86. The van der Waals surface area contributed by atoms with E-state index < -0.39 is 84.6 Å². The lowest BCUT2D eigenvalue weighted by molar-refractivity contribution is -0.345. The van der Waals surface area contributed by atoms with Crippen molar-refractivity contribution in [3.8, 4) is 0 Å². The Kier molecular flexibility index (Phi) is 7.12. The van der Waals surface area contributed by atoms with Crippen molar-refractivity contribution in [1.29, 1.82) is 0 Å². The van der Waals surface area contributed by atoms with Crippen molar-refractivity contribution >= 4 is 0 Å². The first kappa shape index (κ1) is 25.2. The standard InChI is InChI=1S/C21H38O10/c1-19(2,28)10-4-7-21(9-23)12(24)5-6-20(3,29)17(21)16(10)31-18-15(27)14(26)13(25)11(8-22)30-18/h10-18,22-29H,4-9H2,1-3H3/t10-,11-,12+,13-,14+,15-,16-,17-,18+,20+,21+/m1/s1. The molecule has 0 unspecified atom stereocenters. The zero-order valence-corrected chi connectivity index (χ0v) is 18.3. The van der Waals surface area contributed by atoms with E-state index in [2.05, 4.69) is 0 Å². The summed E-state index contributed by atoms with van der Waals surface area (Å²) in [5, 5.41) is 83.5. The summed E-state index contributed by atoms with van der Waals surface area (Å²) in [4.78, 5) is 0. The molecule has 2 aliphatic carbocycles. The Morgan fingerprint density at radius 2 is 1.65 bits per heavy atom. The van der Waals surface area contributed by atoms with Crippen molar-refractivity contribution in [3.63, 3.8) is 0 Å². The zero-order chi connectivity index (χ0) is 23.4. The molecular weight excluding hydrogens is 412 g/mol. The minimum absolute atomic E-state index is 0.244. The number of aliphatic hydroxyl groups is 8. The molecule has 8 N–H and O–H groups in total. The van der Waals surface area contributed by atoms with Gasteiger partial charge in [-0.05, 0) is 46.5 Å². The first-order valence-electron chi connectivity index (χ1n) is 11.0. The van der Waals surface area contributed by atoms with Crippen LogP contribution in [0.2, 0.25) is 0 Å². The van der Waals surface area contributed by atoms with Gasteiger partial charge in [-0.15, -0.1) is 0 Å². The molecule has 31 heavy (non-hydrogen) atoms. The SMILES string of the molecule is CC(C)(O)[C@@H]1CC[C@]2(CO)[C@@H](O)CC[C@](C)(O)[C@H]2[C@@H]1O[C@@H]1O[C@H](CO)[C@@H](O)[C@H](O)[C@H]1O. The fraction of sp³-hybridized carbons (Fsp3) is 1.00. The van der Waals surface area contributed by atoms with Crippen LogP contribution < -0.4 is 0 Å². The van der Waals surface area contributed by atoms with Crippen molar-refractivity contribution in [1.82, 2.24) is 0 Å². The van der Waals surface area contributed by atoms with Gasteiger partial charge in [0.15, 0.2) is 6.29 Å². The Hall–Kier alpha value is -0.400. The molecule has 3 aliphatic rings. The maximum absolute atomic E-state index is 11.3. The quantitative estimate of drug-likeness (QED) is 0.230. The fourth-order valence-corrected chi connectivity index (χ4v) is 6.07. The van der Waals surface area contributed by atoms with E-state index in [0.717, 1.165) is 0 Å². The van der Waals surface area contributed by atoms with Crippen LogP contribution in [0.1, 0.15) is 46.5 Å².